The van der Waals surface area contributed by atoms with E-state index in [1.165, 1.54) is 12.1 Å². The lowest BCUT2D eigenvalue weighted by molar-refractivity contribution is 0.417. The molecule has 0 fully saturated rings. The molecule has 1 aliphatic rings. The molecule has 0 spiro atoms. The van der Waals surface area contributed by atoms with Gasteiger partial charge in [0.2, 0.25) is 0 Å². The van der Waals surface area contributed by atoms with Crippen LogP contribution in [0, 0.1) is 11.6 Å². The fourth-order valence-corrected chi connectivity index (χ4v) is 3.80. The summed E-state index contributed by atoms with van der Waals surface area (Å²) in [7, 11) is 4.03. The minimum Gasteiger partial charge on any atom is -0.309 e. The van der Waals surface area contributed by atoms with Crippen LogP contribution >= 0.6 is 11.8 Å². The lowest BCUT2D eigenvalue weighted by atomic mass is 9.93. The molecule has 23 heavy (non-hydrogen) atoms. The second-order valence-corrected chi connectivity index (χ2v) is 6.96. The Bertz CT molecular complexity index is 698. The van der Waals surface area contributed by atoms with Gasteiger partial charge in [0.05, 0.1) is 0 Å². The largest absolute Gasteiger partial charge is 0.309 e. The van der Waals surface area contributed by atoms with Crippen molar-refractivity contribution < 1.29 is 8.78 Å². The molecule has 0 atom stereocenters. The van der Waals surface area contributed by atoms with Crippen LogP contribution in [0.5, 0.6) is 0 Å². The molecule has 120 valence electrons. The molecule has 1 aliphatic heterocycles. The van der Waals surface area contributed by atoms with Gasteiger partial charge < -0.3 is 4.90 Å². The molecular formula is C19H19F2NS. The summed E-state index contributed by atoms with van der Waals surface area (Å²) in [6.07, 6.45) is 2.93. The smallest absolute Gasteiger partial charge is 0.123 e. The zero-order chi connectivity index (χ0) is 16.4. The molecular weight excluding hydrogens is 312 g/mol. The number of thioether (sulfide) groups is 1. The van der Waals surface area contributed by atoms with Gasteiger partial charge in [0.25, 0.3) is 0 Å². The molecule has 0 saturated carbocycles. The van der Waals surface area contributed by atoms with Gasteiger partial charge in [-0.05, 0) is 73.1 Å². The Morgan fingerprint density at radius 1 is 1.04 bits per heavy atom. The Labute approximate surface area is 140 Å². The van der Waals surface area contributed by atoms with Crippen molar-refractivity contribution in [1.82, 2.24) is 4.90 Å². The van der Waals surface area contributed by atoms with Crippen LogP contribution in [-0.2, 0) is 5.75 Å². The Hall–Kier alpha value is -1.65. The number of benzene rings is 2. The van der Waals surface area contributed by atoms with Gasteiger partial charge >= 0.3 is 0 Å². The van der Waals surface area contributed by atoms with Gasteiger partial charge in [-0.3, -0.25) is 0 Å². The molecule has 0 radical (unpaired) electrons. The van der Waals surface area contributed by atoms with Crippen molar-refractivity contribution in [2.75, 3.05) is 20.6 Å². The van der Waals surface area contributed by atoms with Crippen molar-refractivity contribution in [1.29, 1.82) is 0 Å². The number of rotatable bonds is 3. The molecule has 0 unspecified atom stereocenters. The third-order valence-corrected chi connectivity index (χ3v) is 5.02. The molecule has 0 aromatic heterocycles. The monoisotopic (exact) mass is 331 g/mol. The SMILES string of the molecule is CN(C)CC/C=C1/c2cc(F)ccc2CSc2ccc(F)cc21. The van der Waals surface area contributed by atoms with E-state index in [4.69, 9.17) is 0 Å². The quantitative estimate of drug-likeness (QED) is 0.782. The van der Waals surface area contributed by atoms with Crippen molar-refractivity contribution in [3.05, 3.63) is 70.8 Å². The minimum absolute atomic E-state index is 0.257. The van der Waals surface area contributed by atoms with E-state index in [0.29, 0.717) is 0 Å². The molecule has 0 aliphatic carbocycles. The summed E-state index contributed by atoms with van der Waals surface area (Å²) in [4.78, 5) is 3.14. The van der Waals surface area contributed by atoms with Gasteiger partial charge in [-0.15, -0.1) is 11.8 Å². The number of hydrogen-bond acceptors (Lipinski definition) is 2. The van der Waals surface area contributed by atoms with E-state index in [1.807, 2.05) is 26.2 Å². The molecule has 0 N–H and O–H groups in total. The van der Waals surface area contributed by atoms with Crippen LogP contribution in [0.2, 0.25) is 0 Å². The van der Waals surface area contributed by atoms with Crippen LogP contribution in [0.25, 0.3) is 5.57 Å². The van der Waals surface area contributed by atoms with Gasteiger partial charge in [0, 0.05) is 17.2 Å². The van der Waals surface area contributed by atoms with E-state index in [9.17, 15) is 8.78 Å². The topological polar surface area (TPSA) is 3.24 Å². The fraction of sp³-hybridized carbons (Fsp3) is 0.263. The van der Waals surface area contributed by atoms with Crippen LogP contribution in [-0.4, -0.2) is 25.5 Å². The van der Waals surface area contributed by atoms with E-state index in [-0.39, 0.29) is 11.6 Å². The standard InChI is InChI=1S/C19H19F2NS/c1-22(2)9-3-4-16-17-10-14(20)6-5-13(17)12-23-19-8-7-15(21)11-18(16)19/h4-8,10-11H,3,9,12H2,1-2H3/b16-4-. The summed E-state index contributed by atoms with van der Waals surface area (Å²) in [6, 6.07) is 9.76. The van der Waals surface area contributed by atoms with Crippen LogP contribution in [0.4, 0.5) is 8.78 Å². The fourth-order valence-electron chi connectivity index (χ4n) is 2.75. The van der Waals surface area contributed by atoms with Crippen molar-refractivity contribution in [3.8, 4) is 0 Å². The molecule has 1 heterocycles. The first-order valence-corrected chi connectivity index (χ1v) is 8.59. The van der Waals surface area contributed by atoms with E-state index in [0.717, 1.165) is 45.9 Å². The molecule has 4 heteroatoms. The van der Waals surface area contributed by atoms with Gasteiger partial charge in [-0.1, -0.05) is 12.1 Å². The van der Waals surface area contributed by atoms with E-state index >= 15 is 0 Å². The highest BCUT2D eigenvalue weighted by Crippen LogP contribution is 2.40. The molecule has 3 rings (SSSR count). The van der Waals surface area contributed by atoms with Crippen LogP contribution in [0.1, 0.15) is 23.1 Å². The second kappa shape index (κ2) is 6.85. The van der Waals surface area contributed by atoms with Crippen LogP contribution in [0.15, 0.2) is 47.4 Å². The number of nitrogens with zero attached hydrogens (tertiary/aromatic N) is 1. The van der Waals surface area contributed by atoms with Gasteiger partial charge in [-0.25, -0.2) is 8.78 Å². The van der Waals surface area contributed by atoms with Crippen LogP contribution in [0.3, 0.4) is 0 Å². The average molecular weight is 331 g/mol. The summed E-state index contributed by atoms with van der Waals surface area (Å²) >= 11 is 1.67. The lowest BCUT2D eigenvalue weighted by Crippen LogP contribution is -2.12. The van der Waals surface area contributed by atoms with Crippen molar-refractivity contribution in [3.63, 3.8) is 0 Å². The van der Waals surface area contributed by atoms with Crippen molar-refractivity contribution >= 4 is 17.3 Å². The Morgan fingerprint density at radius 2 is 1.74 bits per heavy atom. The third kappa shape index (κ3) is 3.65. The molecule has 2 aromatic rings. The van der Waals surface area contributed by atoms with E-state index in [2.05, 4.69) is 11.0 Å². The summed E-state index contributed by atoms with van der Waals surface area (Å²) in [5.41, 5.74) is 3.75. The normalized spacial score (nSPS) is 15.4. The number of halogens is 2. The van der Waals surface area contributed by atoms with Crippen molar-refractivity contribution in [2.24, 2.45) is 0 Å². The summed E-state index contributed by atoms with van der Waals surface area (Å²) in [5.74, 6) is 0.244. The summed E-state index contributed by atoms with van der Waals surface area (Å²) in [6.45, 7) is 0.895. The third-order valence-electron chi connectivity index (χ3n) is 3.90. The maximum Gasteiger partial charge on any atom is 0.123 e. The molecule has 0 bridgehead atoms. The maximum atomic E-state index is 13.8. The molecule has 0 amide bonds. The first kappa shape index (κ1) is 16.2. The highest BCUT2D eigenvalue weighted by Gasteiger charge is 2.19. The zero-order valence-corrected chi connectivity index (χ0v) is 14.1. The first-order chi connectivity index (χ1) is 11.0. The second-order valence-electron chi connectivity index (χ2n) is 5.94. The Morgan fingerprint density at radius 3 is 2.48 bits per heavy atom. The van der Waals surface area contributed by atoms with E-state index < -0.39 is 0 Å². The predicted octanol–water partition coefficient (Wildman–Crippen LogP) is 4.95. The minimum atomic E-state index is -0.261. The van der Waals surface area contributed by atoms with Gasteiger partial charge in [0.1, 0.15) is 11.6 Å². The Kier molecular flexibility index (Phi) is 4.83. The first-order valence-electron chi connectivity index (χ1n) is 7.61. The molecule has 2 aromatic carbocycles. The molecule has 0 saturated heterocycles. The van der Waals surface area contributed by atoms with Gasteiger partial charge in [0.15, 0.2) is 0 Å². The van der Waals surface area contributed by atoms with Crippen molar-refractivity contribution in [2.45, 2.75) is 17.1 Å². The summed E-state index contributed by atoms with van der Waals surface area (Å²) < 4.78 is 27.6. The lowest BCUT2D eigenvalue weighted by Gasteiger charge is -2.13. The average Bonchev–Trinajstić information content (AvgIpc) is 2.64. The molecule has 1 nitrogen and oxygen atoms in total. The summed E-state index contributed by atoms with van der Waals surface area (Å²) in [5, 5.41) is 0. The Balaban J connectivity index is 2.13. The number of hydrogen-bond donors (Lipinski definition) is 0. The number of fused-ring (bicyclic) bond motifs is 2. The maximum absolute atomic E-state index is 13.8. The van der Waals surface area contributed by atoms with Gasteiger partial charge in [-0.2, -0.15) is 0 Å². The predicted molar refractivity (Wildman–Crippen MR) is 92.6 cm³/mol. The van der Waals surface area contributed by atoms with Crippen LogP contribution < -0.4 is 0 Å². The highest BCUT2D eigenvalue weighted by atomic mass is 32.2. The highest BCUT2D eigenvalue weighted by molar-refractivity contribution is 7.98. The van der Waals surface area contributed by atoms with E-state index in [1.54, 1.807) is 23.9 Å². The zero-order valence-electron chi connectivity index (χ0n) is 13.3.